The number of anilines is 1. The predicted octanol–water partition coefficient (Wildman–Crippen LogP) is 2.72. The summed E-state index contributed by atoms with van der Waals surface area (Å²) in [7, 11) is 0. The van der Waals surface area contributed by atoms with Gasteiger partial charge in [-0.15, -0.1) is 0 Å². The van der Waals surface area contributed by atoms with Gasteiger partial charge >= 0.3 is 0 Å². The van der Waals surface area contributed by atoms with E-state index in [0.717, 1.165) is 12.2 Å². The zero-order valence-corrected chi connectivity index (χ0v) is 9.89. The van der Waals surface area contributed by atoms with E-state index in [0.29, 0.717) is 12.2 Å². The number of para-hydroxylation sites is 1. The van der Waals surface area contributed by atoms with Gasteiger partial charge in [0.1, 0.15) is 0 Å². The number of aromatic nitrogens is 1. The zero-order valence-electron chi connectivity index (χ0n) is 9.89. The third-order valence-electron chi connectivity index (χ3n) is 2.74. The fourth-order valence-corrected chi connectivity index (χ4v) is 1.79. The maximum absolute atomic E-state index is 12.0. The normalized spacial score (nSPS) is 10.2. The van der Waals surface area contributed by atoms with Gasteiger partial charge in [0, 0.05) is 18.4 Å². The molecule has 0 unspecified atom stereocenters. The van der Waals surface area contributed by atoms with Gasteiger partial charge in [-0.05, 0) is 31.2 Å². The van der Waals surface area contributed by atoms with E-state index in [1.807, 2.05) is 36.4 Å². The van der Waals surface area contributed by atoms with E-state index in [1.54, 1.807) is 12.3 Å². The number of hydrogen-bond acceptors (Lipinski definition) is 2. The number of carbonyl (C=O) groups excluding carboxylic acids is 1. The van der Waals surface area contributed by atoms with E-state index in [1.165, 1.54) is 0 Å². The molecule has 0 spiro atoms. The van der Waals surface area contributed by atoms with Crippen LogP contribution in [0.2, 0.25) is 0 Å². The number of Topliss-reactive ketones (excluding diaryl/α,β-unsaturated/α-hetero) is 1. The predicted molar refractivity (Wildman–Crippen MR) is 69.5 cm³/mol. The Morgan fingerprint density at radius 1 is 1.18 bits per heavy atom. The van der Waals surface area contributed by atoms with E-state index in [4.69, 9.17) is 0 Å². The first kappa shape index (κ1) is 11.5. The summed E-state index contributed by atoms with van der Waals surface area (Å²) in [6.07, 6.45) is 1.77. The molecule has 3 heteroatoms. The van der Waals surface area contributed by atoms with E-state index in [-0.39, 0.29) is 5.78 Å². The minimum Gasteiger partial charge on any atom is -0.364 e. The molecule has 0 radical (unpaired) electrons. The van der Waals surface area contributed by atoms with Crippen LogP contribution in [0.5, 0.6) is 0 Å². The largest absolute Gasteiger partial charge is 0.364 e. The van der Waals surface area contributed by atoms with Gasteiger partial charge in [-0.2, -0.15) is 0 Å². The van der Waals surface area contributed by atoms with Crippen molar-refractivity contribution in [2.45, 2.75) is 6.92 Å². The topological polar surface area (TPSA) is 36.1 Å². The summed E-state index contributed by atoms with van der Waals surface area (Å²) < 4.78 is 0. The highest BCUT2D eigenvalue weighted by Crippen LogP contribution is 2.13. The van der Waals surface area contributed by atoms with Crippen LogP contribution in [0.25, 0.3) is 0 Å². The van der Waals surface area contributed by atoms with Gasteiger partial charge in [-0.25, -0.2) is 0 Å². The van der Waals surface area contributed by atoms with Crippen molar-refractivity contribution in [3.05, 3.63) is 54.4 Å². The molecule has 0 aliphatic carbocycles. The van der Waals surface area contributed by atoms with Gasteiger partial charge in [0.15, 0.2) is 5.78 Å². The number of likely N-dealkylation sites (N-methyl/N-ethyl adjacent to an activating group) is 1. The summed E-state index contributed by atoms with van der Waals surface area (Å²) in [5, 5.41) is 0. The van der Waals surface area contributed by atoms with Gasteiger partial charge < -0.3 is 9.88 Å². The van der Waals surface area contributed by atoms with Crippen molar-refractivity contribution in [2.75, 3.05) is 18.0 Å². The molecule has 2 aromatic rings. The highest BCUT2D eigenvalue weighted by Gasteiger charge is 2.11. The lowest BCUT2D eigenvalue weighted by atomic mass is 10.2. The Balaban J connectivity index is 2.09. The third kappa shape index (κ3) is 2.75. The summed E-state index contributed by atoms with van der Waals surface area (Å²) in [5.74, 6) is 0.112. The lowest BCUT2D eigenvalue weighted by molar-refractivity contribution is 0.0995. The number of nitrogens with zero attached hydrogens (tertiary/aromatic N) is 1. The van der Waals surface area contributed by atoms with E-state index in [2.05, 4.69) is 16.8 Å². The van der Waals surface area contributed by atoms with Crippen LogP contribution in [-0.4, -0.2) is 23.9 Å². The molecule has 1 aromatic carbocycles. The van der Waals surface area contributed by atoms with Crippen molar-refractivity contribution in [1.82, 2.24) is 4.98 Å². The van der Waals surface area contributed by atoms with Gasteiger partial charge in [-0.1, -0.05) is 18.2 Å². The number of nitrogens with one attached hydrogen (secondary N) is 1. The Labute approximate surface area is 101 Å². The first-order valence-corrected chi connectivity index (χ1v) is 5.78. The number of hydrogen-bond donors (Lipinski definition) is 1. The van der Waals surface area contributed by atoms with Crippen molar-refractivity contribution in [1.29, 1.82) is 0 Å². The Kier molecular flexibility index (Phi) is 3.60. The highest BCUT2D eigenvalue weighted by atomic mass is 16.1. The van der Waals surface area contributed by atoms with Crippen LogP contribution in [0, 0.1) is 0 Å². The second-order valence-corrected chi connectivity index (χ2v) is 3.86. The molecule has 0 saturated carbocycles. The van der Waals surface area contributed by atoms with Crippen LogP contribution >= 0.6 is 0 Å². The molecule has 3 nitrogen and oxygen atoms in total. The molecular formula is C14H16N2O. The monoisotopic (exact) mass is 228 g/mol. The average molecular weight is 228 g/mol. The van der Waals surface area contributed by atoms with E-state index >= 15 is 0 Å². The molecule has 0 amide bonds. The summed E-state index contributed by atoms with van der Waals surface area (Å²) in [5.41, 5.74) is 1.74. The molecule has 2 rings (SSSR count). The molecule has 0 aliphatic heterocycles. The molecule has 1 heterocycles. The number of benzene rings is 1. The number of H-pyrrole nitrogens is 1. The number of ketones is 1. The summed E-state index contributed by atoms with van der Waals surface area (Å²) >= 11 is 0. The number of aromatic amines is 1. The summed E-state index contributed by atoms with van der Waals surface area (Å²) in [6.45, 7) is 3.27. The van der Waals surface area contributed by atoms with Gasteiger partial charge in [0.2, 0.25) is 0 Å². The minimum absolute atomic E-state index is 0.112. The Morgan fingerprint density at radius 3 is 2.53 bits per heavy atom. The quantitative estimate of drug-likeness (QED) is 0.799. The standard InChI is InChI=1S/C14H16N2O/c1-2-16(12-7-4-3-5-8-12)11-14(17)13-9-6-10-15-13/h3-10,15H,2,11H2,1H3. The van der Waals surface area contributed by atoms with Crippen LogP contribution < -0.4 is 4.90 Å². The van der Waals surface area contributed by atoms with Crippen LogP contribution in [-0.2, 0) is 0 Å². The minimum atomic E-state index is 0.112. The van der Waals surface area contributed by atoms with Gasteiger partial charge in [0.25, 0.3) is 0 Å². The molecule has 17 heavy (non-hydrogen) atoms. The van der Waals surface area contributed by atoms with Crippen LogP contribution in [0.1, 0.15) is 17.4 Å². The lowest BCUT2D eigenvalue weighted by Crippen LogP contribution is -2.29. The lowest BCUT2D eigenvalue weighted by Gasteiger charge is -2.21. The molecule has 1 N–H and O–H groups in total. The summed E-state index contributed by atoms with van der Waals surface area (Å²) in [4.78, 5) is 17.0. The van der Waals surface area contributed by atoms with E-state index in [9.17, 15) is 4.79 Å². The Bertz CT molecular complexity index is 462. The van der Waals surface area contributed by atoms with Gasteiger partial charge in [-0.3, -0.25) is 4.79 Å². The maximum Gasteiger partial charge on any atom is 0.198 e. The molecule has 0 saturated heterocycles. The second kappa shape index (κ2) is 5.34. The molecule has 88 valence electrons. The maximum atomic E-state index is 12.0. The first-order chi connectivity index (χ1) is 8.31. The number of rotatable bonds is 5. The molecule has 0 atom stereocenters. The zero-order chi connectivity index (χ0) is 12.1. The van der Waals surface area contributed by atoms with Crippen LogP contribution in [0.15, 0.2) is 48.7 Å². The summed E-state index contributed by atoms with van der Waals surface area (Å²) in [6, 6.07) is 13.6. The average Bonchev–Trinajstić information content (AvgIpc) is 2.90. The van der Waals surface area contributed by atoms with Crippen LogP contribution in [0.4, 0.5) is 5.69 Å². The highest BCUT2D eigenvalue weighted by molar-refractivity contribution is 5.97. The van der Waals surface area contributed by atoms with E-state index < -0.39 is 0 Å². The van der Waals surface area contributed by atoms with Crippen molar-refractivity contribution in [2.24, 2.45) is 0 Å². The van der Waals surface area contributed by atoms with Crippen molar-refractivity contribution < 1.29 is 4.79 Å². The molecule has 0 aliphatic rings. The first-order valence-electron chi connectivity index (χ1n) is 5.78. The van der Waals surface area contributed by atoms with Crippen LogP contribution in [0.3, 0.4) is 0 Å². The van der Waals surface area contributed by atoms with Gasteiger partial charge in [0.05, 0.1) is 12.2 Å². The Morgan fingerprint density at radius 2 is 1.94 bits per heavy atom. The van der Waals surface area contributed by atoms with Crippen molar-refractivity contribution >= 4 is 11.5 Å². The van der Waals surface area contributed by atoms with Crippen molar-refractivity contribution in [3.63, 3.8) is 0 Å². The second-order valence-electron chi connectivity index (χ2n) is 3.86. The molecule has 1 aromatic heterocycles. The molecule has 0 fully saturated rings. The fourth-order valence-electron chi connectivity index (χ4n) is 1.79. The number of carbonyl (C=O) groups is 1. The third-order valence-corrected chi connectivity index (χ3v) is 2.74. The fraction of sp³-hybridized carbons (Fsp3) is 0.214. The molecule has 0 bridgehead atoms. The molecular weight excluding hydrogens is 212 g/mol. The Hall–Kier alpha value is -2.03. The van der Waals surface area contributed by atoms with Crippen molar-refractivity contribution in [3.8, 4) is 0 Å². The SMILES string of the molecule is CCN(CC(=O)c1ccc[nH]1)c1ccccc1. The smallest absolute Gasteiger partial charge is 0.198 e.